The van der Waals surface area contributed by atoms with E-state index < -0.39 is 0 Å². The van der Waals surface area contributed by atoms with E-state index in [1.54, 1.807) is 18.4 Å². The zero-order valence-electron chi connectivity index (χ0n) is 14.0. The Morgan fingerprint density at radius 1 is 1.42 bits per heavy atom. The predicted molar refractivity (Wildman–Crippen MR) is 93.3 cm³/mol. The molecule has 2 fully saturated rings. The number of aromatic nitrogens is 1. The molecular weight excluding hydrogens is 324 g/mol. The molecule has 2 aromatic rings. The van der Waals surface area contributed by atoms with Gasteiger partial charge >= 0.3 is 0 Å². The van der Waals surface area contributed by atoms with Gasteiger partial charge in [0.15, 0.2) is 0 Å². The lowest BCUT2D eigenvalue weighted by atomic mass is 9.58. The summed E-state index contributed by atoms with van der Waals surface area (Å²) in [5.41, 5.74) is 1.44. The van der Waals surface area contributed by atoms with Crippen LogP contribution in [0.5, 0.6) is 0 Å². The highest BCUT2D eigenvalue weighted by molar-refractivity contribution is 7.18. The minimum absolute atomic E-state index is 0.0557. The molecule has 5 nitrogen and oxygen atoms in total. The number of methoxy groups -OCH3 is 1. The third-order valence-electron chi connectivity index (χ3n) is 5.75. The number of ether oxygens (including phenoxy) is 1. The normalized spacial score (nSPS) is 25.9. The zero-order valence-corrected chi connectivity index (χ0v) is 14.8. The molecule has 0 unspecified atom stereocenters. The minimum Gasteiger partial charge on any atom is -0.392 e. The number of aliphatic hydroxyl groups is 1. The van der Waals surface area contributed by atoms with Crippen LogP contribution in [0.3, 0.4) is 0 Å². The summed E-state index contributed by atoms with van der Waals surface area (Å²) in [6, 6.07) is 5.76. The van der Waals surface area contributed by atoms with Gasteiger partial charge in [-0.15, -0.1) is 11.3 Å². The molecule has 1 aromatic carbocycles. The van der Waals surface area contributed by atoms with Gasteiger partial charge in [0, 0.05) is 37.6 Å². The molecule has 1 aliphatic heterocycles. The van der Waals surface area contributed by atoms with Crippen LogP contribution < -0.4 is 0 Å². The van der Waals surface area contributed by atoms with Crippen molar-refractivity contribution in [3.05, 3.63) is 28.8 Å². The maximum Gasteiger partial charge on any atom is 0.253 e. The van der Waals surface area contributed by atoms with E-state index in [0.29, 0.717) is 25.1 Å². The van der Waals surface area contributed by atoms with Crippen LogP contribution in [-0.4, -0.2) is 53.3 Å². The number of amides is 1. The fourth-order valence-corrected chi connectivity index (χ4v) is 5.00. The Morgan fingerprint density at radius 2 is 2.17 bits per heavy atom. The average molecular weight is 346 g/mol. The summed E-state index contributed by atoms with van der Waals surface area (Å²) < 4.78 is 6.62. The number of aryl methyl sites for hydroxylation is 1. The van der Waals surface area contributed by atoms with Gasteiger partial charge in [0.1, 0.15) is 0 Å². The summed E-state index contributed by atoms with van der Waals surface area (Å²) in [5.74, 6) is 0.0557. The lowest BCUT2D eigenvalue weighted by molar-refractivity contribution is -0.199. The lowest BCUT2D eigenvalue weighted by Gasteiger charge is -2.56. The Labute approximate surface area is 145 Å². The third-order valence-corrected chi connectivity index (χ3v) is 6.70. The first kappa shape index (κ1) is 16.0. The Hall–Kier alpha value is -1.50. The van der Waals surface area contributed by atoms with Gasteiger partial charge in [0.2, 0.25) is 0 Å². The first-order chi connectivity index (χ1) is 11.5. The molecule has 0 bridgehead atoms. The molecule has 2 atom stereocenters. The van der Waals surface area contributed by atoms with E-state index in [1.807, 2.05) is 30.0 Å². The molecule has 128 valence electrons. The van der Waals surface area contributed by atoms with Gasteiger partial charge in [-0.3, -0.25) is 4.79 Å². The number of likely N-dealkylation sites (tertiary alicyclic amines) is 1. The molecule has 24 heavy (non-hydrogen) atoms. The summed E-state index contributed by atoms with van der Waals surface area (Å²) in [4.78, 5) is 19.2. The molecule has 6 heteroatoms. The molecule has 1 saturated heterocycles. The number of rotatable bonds is 2. The van der Waals surface area contributed by atoms with Crippen molar-refractivity contribution in [1.82, 2.24) is 9.88 Å². The highest BCUT2D eigenvalue weighted by Crippen LogP contribution is 2.50. The molecule has 2 aliphatic rings. The molecule has 2 heterocycles. The van der Waals surface area contributed by atoms with E-state index in [9.17, 15) is 9.90 Å². The molecule has 1 N–H and O–H groups in total. The maximum atomic E-state index is 12.8. The summed E-state index contributed by atoms with van der Waals surface area (Å²) in [5, 5.41) is 11.2. The molecular formula is C18H22N2O3S. The first-order valence-electron chi connectivity index (χ1n) is 8.41. The SMILES string of the molecule is CO[C@H]1C[C@@H](O)C12CCN(C(=O)c1ccc3sc(C)nc3c1)CC2. The Balaban J connectivity index is 1.49. The van der Waals surface area contributed by atoms with Gasteiger partial charge in [0.05, 0.1) is 27.4 Å². The second kappa shape index (κ2) is 5.79. The van der Waals surface area contributed by atoms with Crippen molar-refractivity contribution in [2.75, 3.05) is 20.2 Å². The third kappa shape index (κ3) is 2.36. The van der Waals surface area contributed by atoms with Crippen LogP contribution in [-0.2, 0) is 4.74 Å². The van der Waals surface area contributed by atoms with E-state index in [1.165, 1.54) is 0 Å². The maximum absolute atomic E-state index is 12.8. The van der Waals surface area contributed by atoms with E-state index in [4.69, 9.17) is 4.74 Å². The van der Waals surface area contributed by atoms with Gasteiger partial charge in [-0.25, -0.2) is 4.98 Å². The van der Waals surface area contributed by atoms with Crippen molar-refractivity contribution in [2.24, 2.45) is 5.41 Å². The van der Waals surface area contributed by atoms with E-state index in [0.717, 1.165) is 28.1 Å². The van der Waals surface area contributed by atoms with E-state index >= 15 is 0 Å². The Kier molecular flexibility index (Phi) is 3.86. The molecule has 1 saturated carbocycles. The van der Waals surface area contributed by atoms with Crippen molar-refractivity contribution in [1.29, 1.82) is 0 Å². The number of carbonyl (C=O) groups excluding carboxylic acids is 1. The number of thiazole rings is 1. The van der Waals surface area contributed by atoms with Gasteiger partial charge in [-0.1, -0.05) is 0 Å². The van der Waals surface area contributed by atoms with Gasteiger partial charge in [0.25, 0.3) is 5.91 Å². The number of benzene rings is 1. The molecule has 4 rings (SSSR count). The second-order valence-corrected chi connectivity index (χ2v) is 8.15. The number of aliphatic hydroxyl groups excluding tert-OH is 1. The summed E-state index contributed by atoms with van der Waals surface area (Å²) >= 11 is 1.64. The van der Waals surface area contributed by atoms with Crippen LogP contribution in [0.2, 0.25) is 0 Å². The fraction of sp³-hybridized carbons (Fsp3) is 0.556. The lowest BCUT2D eigenvalue weighted by Crippen LogP contribution is -2.62. The molecule has 1 aliphatic carbocycles. The summed E-state index contributed by atoms with van der Waals surface area (Å²) in [7, 11) is 1.71. The van der Waals surface area contributed by atoms with Crippen molar-refractivity contribution in [3.8, 4) is 0 Å². The van der Waals surface area contributed by atoms with Crippen LogP contribution >= 0.6 is 11.3 Å². The van der Waals surface area contributed by atoms with Crippen LogP contribution in [0.25, 0.3) is 10.2 Å². The second-order valence-electron chi connectivity index (χ2n) is 6.92. The van der Waals surface area contributed by atoms with E-state index in [-0.39, 0.29) is 23.5 Å². The number of hydrogen-bond donors (Lipinski definition) is 1. The summed E-state index contributed by atoms with van der Waals surface area (Å²) in [6.45, 7) is 3.32. The van der Waals surface area contributed by atoms with Crippen molar-refractivity contribution in [3.63, 3.8) is 0 Å². The average Bonchev–Trinajstić information content (AvgIpc) is 2.98. The number of hydrogen-bond acceptors (Lipinski definition) is 5. The highest BCUT2D eigenvalue weighted by Gasteiger charge is 2.56. The van der Waals surface area contributed by atoms with Crippen LogP contribution in [0.4, 0.5) is 0 Å². The van der Waals surface area contributed by atoms with Crippen LogP contribution in [0, 0.1) is 12.3 Å². The Bertz CT molecular complexity index is 780. The quantitative estimate of drug-likeness (QED) is 0.908. The Morgan fingerprint density at radius 3 is 2.83 bits per heavy atom. The van der Waals surface area contributed by atoms with Gasteiger partial charge in [-0.2, -0.15) is 0 Å². The molecule has 1 amide bonds. The molecule has 0 radical (unpaired) electrons. The minimum atomic E-state index is -0.297. The molecule has 1 spiro atoms. The number of nitrogens with zero attached hydrogens (tertiary/aromatic N) is 2. The van der Waals surface area contributed by atoms with Crippen molar-refractivity contribution >= 4 is 27.5 Å². The number of fused-ring (bicyclic) bond motifs is 1. The number of carbonyl (C=O) groups is 1. The zero-order chi connectivity index (χ0) is 16.9. The highest BCUT2D eigenvalue weighted by atomic mass is 32.1. The van der Waals surface area contributed by atoms with Crippen molar-refractivity contribution < 1.29 is 14.6 Å². The fourth-order valence-electron chi connectivity index (χ4n) is 4.20. The van der Waals surface area contributed by atoms with E-state index in [2.05, 4.69) is 4.98 Å². The van der Waals surface area contributed by atoms with Crippen LogP contribution in [0.1, 0.15) is 34.6 Å². The van der Waals surface area contributed by atoms with Gasteiger partial charge in [-0.05, 0) is 38.0 Å². The van der Waals surface area contributed by atoms with Crippen LogP contribution in [0.15, 0.2) is 18.2 Å². The van der Waals surface area contributed by atoms with Crippen molar-refractivity contribution in [2.45, 2.75) is 38.4 Å². The first-order valence-corrected chi connectivity index (χ1v) is 9.22. The number of piperidine rings is 1. The predicted octanol–water partition coefficient (Wildman–Crippen LogP) is 2.61. The largest absolute Gasteiger partial charge is 0.392 e. The monoisotopic (exact) mass is 346 g/mol. The summed E-state index contributed by atoms with van der Waals surface area (Å²) in [6.07, 6.45) is 2.14. The molecule has 1 aromatic heterocycles. The smallest absolute Gasteiger partial charge is 0.253 e. The standard InChI is InChI=1S/C18H22N2O3S/c1-11-19-13-9-12(3-4-14(13)24-11)17(22)20-7-5-18(6-8-20)15(21)10-16(18)23-2/h3-4,9,15-16,21H,5-8,10H2,1-2H3/t15-,16+/m1/s1. The van der Waals surface area contributed by atoms with Gasteiger partial charge < -0.3 is 14.7 Å². The topological polar surface area (TPSA) is 62.7 Å².